The predicted molar refractivity (Wildman–Crippen MR) is 89.6 cm³/mol. The van der Waals surface area contributed by atoms with E-state index in [4.69, 9.17) is 0 Å². The number of nitrogens with zero attached hydrogens (tertiary/aromatic N) is 4. The van der Waals surface area contributed by atoms with Gasteiger partial charge in [-0.3, -0.25) is 0 Å². The summed E-state index contributed by atoms with van der Waals surface area (Å²) in [6, 6.07) is 5.39. The second-order valence-corrected chi connectivity index (χ2v) is 7.09. The molecule has 7 nitrogen and oxygen atoms in total. The standard InChI is InChI=1S/C16H16FN5O2S/c1-12-11-13(3-4-14(12)17)25(23,24)21-8-10-22-9-7-20-16(22)15-18-5-2-6-19-15/h2-7,9,11,21H,8,10H2,1H3. The van der Waals surface area contributed by atoms with Crippen LogP contribution in [0.15, 0.2) is 53.9 Å². The lowest BCUT2D eigenvalue weighted by Crippen LogP contribution is -2.27. The molecule has 0 atom stereocenters. The number of sulfonamides is 1. The third-order valence-corrected chi connectivity index (χ3v) is 5.02. The molecule has 0 bridgehead atoms. The van der Waals surface area contributed by atoms with Gasteiger partial charge in [0.1, 0.15) is 5.82 Å². The Hall–Kier alpha value is -2.65. The van der Waals surface area contributed by atoms with E-state index in [1.165, 1.54) is 19.1 Å². The van der Waals surface area contributed by atoms with Crippen LogP contribution in [0.3, 0.4) is 0 Å². The highest BCUT2D eigenvalue weighted by Crippen LogP contribution is 2.14. The Morgan fingerprint density at radius 1 is 1.16 bits per heavy atom. The maximum atomic E-state index is 13.3. The number of aryl methyl sites for hydroxylation is 1. The molecule has 0 saturated carbocycles. The predicted octanol–water partition coefficient (Wildman–Crippen LogP) is 1.77. The Balaban J connectivity index is 1.69. The molecule has 3 aromatic rings. The van der Waals surface area contributed by atoms with Crippen molar-refractivity contribution in [2.24, 2.45) is 0 Å². The molecule has 0 spiro atoms. The number of imidazole rings is 1. The average molecular weight is 361 g/mol. The molecule has 2 heterocycles. The van der Waals surface area contributed by atoms with E-state index in [0.717, 1.165) is 6.07 Å². The van der Waals surface area contributed by atoms with Crippen molar-refractivity contribution in [1.82, 2.24) is 24.2 Å². The number of nitrogens with one attached hydrogen (secondary N) is 1. The highest BCUT2D eigenvalue weighted by Gasteiger charge is 2.15. The molecule has 0 amide bonds. The molecular formula is C16H16FN5O2S. The van der Waals surface area contributed by atoms with Gasteiger partial charge < -0.3 is 4.57 Å². The van der Waals surface area contributed by atoms with Gasteiger partial charge in [0.05, 0.1) is 4.90 Å². The summed E-state index contributed by atoms with van der Waals surface area (Å²) in [5.41, 5.74) is 0.279. The summed E-state index contributed by atoms with van der Waals surface area (Å²) < 4.78 is 42.1. The molecule has 1 aromatic carbocycles. The first kappa shape index (κ1) is 17.2. The van der Waals surface area contributed by atoms with E-state index >= 15 is 0 Å². The maximum Gasteiger partial charge on any atom is 0.240 e. The van der Waals surface area contributed by atoms with Gasteiger partial charge >= 0.3 is 0 Å². The van der Waals surface area contributed by atoms with Crippen molar-refractivity contribution in [3.8, 4) is 11.6 Å². The highest BCUT2D eigenvalue weighted by atomic mass is 32.2. The number of hydrogen-bond donors (Lipinski definition) is 1. The number of halogens is 1. The molecule has 0 saturated heterocycles. The van der Waals surface area contributed by atoms with Gasteiger partial charge in [-0.25, -0.2) is 32.5 Å². The largest absolute Gasteiger partial charge is 0.327 e. The summed E-state index contributed by atoms with van der Waals surface area (Å²) in [6.45, 7) is 2.02. The average Bonchev–Trinajstić information content (AvgIpc) is 3.06. The molecule has 0 unspecified atom stereocenters. The third-order valence-electron chi connectivity index (χ3n) is 3.57. The molecule has 0 aliphatic rings. The zero-order chi connectivity index (χ0) is 17.9. The Kier molecular flexibility index (Phi) is 4.86. The summed E-state index contributed by atoms with van der Waals surface area (Å²) in [6.07, 6.45) is 6.55. The quantitative estimate of drug-likeness (QED) is 0.723. The van der Waals surface area contributed by atoms with E-state index in [-0.39, 0.29) is 17.0 Å². The van der Waals surface area contributed by atoms with Gasteiger partial charge in [-0.15, -0.1) is 0 Å². The Morgan fingerprint density at radius 2 is 1.92 bits per heavy atom. The summed E-state index contributed by atoms with van der Waals surface area (Å²) in [5.74, 6) is 0.576. The lowest BCUT2D eigenvalue weighted by atomic mass is 10.2. The molecule has 0 aliphatic heterocycles. The summed E-state index contributed by atoms with van der Waals surface area (Å²) >= 11 is 0. The normalized spacial score (nSPS) is 11.6. The van der Waals surface area contributed by atoms with Gasteiger partial charge in [-0.05, 0) is 36.8 Å². The number of benzene rings is 1. The van der Waals surface area contributed by atoms with E-state index in [1.807, 2.05) is 0 Å². The van der Waals surface area contributed by atoms with Gasteiger partial charge in [0.2, 0.25) is 10.0 Å². The topological polar surface area (TPSA) is 89.8 Å². The van der Waals surface area contributed by atoms with E-state index in [2.05, 4.69) is 19.7 Å². The molecule has 130 valence electrons. The van der Waals surface area contributed by atoms with Gasteiger partial charge in [0, 0.05) is 37.9 Å². The minimum absolute atomic E-state index is 0.0312. The summed E-state index contributed by atoms with van der Waals surface area (Å²) in [5, 5.41) is 0. The molecule has 9 heteroatoms. The van der Waals surface area contributed by atoms with Crippen LogP contribution in [-0.4, -0.2) is 34.5 Å². The smallest absolute Gasteiger partial charge is 0.240 e. The van der Waals surface area contributed by atoms with E-state index in [1.54, 1.807) is 35.4 Å². The molecule has 3 rings (SSSR count). The van der Waals surface area contributed by atoms with Gasteiger partial charge in [-0.2, -0.15) is 0 Å². The Bertz CT molecular complexity index is 973. The van der Waals surface area contributed by atoms with Crippen molar-refractivity contribution in [3.05, 3.63) is 60.4 Å². The molecule has 0 radical (unpaired) electrons. The zero-order valence-corrected chi connectivity index (χ0v) is 14.2. The Morgan fingerprint density at radius 3 is 2.64 bits per heavy atom. The van der Waals surface area contributed by atoms with Crippen LogP contribution < -0.4 is 4.72 Å². The monoisotopic (exact) mass is 361 g/mol. The molecule has 25 heavy (non-hydrogen) atoms. The fourth-order valence-corrected chi connectivity index (χ4v) is 3.38. The van der Waals surface area contributed by atoms with Gasteiger partial charge in [0.15, 0.2) is 11.6 Å². The Labute approximate surface area is 144 Å². The fraction of sp³-hybridized carbons (Fsp3) is 0.188. The van der Waals surface area contributed by atoms with E-state index < -0.39 is 15.8 Å². The lowest BCUT2D eigenvalue weighted by Gasteiger charge is -2.10. The minimum atomic E-state index is -3.71. The van der Waals surface area contributed by atoms with Crippen molar-refractivity contribution < 1.29 is 12.8 Å². The van der Waals surface area contributed by atoms with Crippen LogP contribution >= 0.6 is 0 Å². The van der Waals surface area contributed by atoms with Crippen LogP contribution in [0.5, 0.6) is 0 Å². The summed E-state index contributed by atoms with van der Waals surface area (Å²) in [7, 11) is -3.71. The first-order valence-electron chi connectivity index (χ1n) is 7.52. The first-order valence-corrected chi connectivity index (χ1v) is 9.00. The van der Waals surface area contributed by atoms with Crippen molar-refractivity contribution in [2.45, 2.75) is 18.4 Å². The van der Waals surface area contributed by atoms with Crippen LogP contribution in [0.25, 0.3) is 11.6 Å². The molecular weight excluding hydrogens is 345 g/mol. The van der Waals surface area contributed by atoms with Crippen LogP contribution in [-0.2, 0) is 16.6 Å². The fourth-order valence-electron chi connectivity index (χ4n) is 2.28. The van der Waals surface area contributed by atoms with Crippen LogP contribution in [0, 0.1) is 12.7 Å². The lowest BCUT2D eigenvalue weighted by molar-refractivity contribution is 0.572. The van der Waals surface area contributed by atoms with Crippen molar-refractivity contribution in [2.75, 3.05) is 6.54 Å². The number of hydrogen-bond acceptors (Lipinski definition) is 5. The van der Waals surface area contributed by atoms with Crippen molar-refractivity contribution in [1.29, 1.82) is 0 Å². The zero-order valence-electron chi connectivity index (χ0n) is 13.4. The number of rotatable bonds is 6. The maximum absolute atomic E-state index is 13.3. The third kappa shape index (κ3) is 3.89. The van der Waals surface area contributed by atoms with Crippen LogP contribution in [0.1, 0.15) is 5.56 Å². The minimum Gasteiger partial charge on any atom is -0.327 e. The van der Waals surface area contributed by atoms with Crippen LogP contribution in [0.4, 0.5) is 4.39 Å². The molecule has 0 fully saturated rings. The SMILES string of the molecule is Cc1cc(S(=O)(=O)NCCn2ccnc2-c2ncccn2)ccc1F. The summed E-state index contributed by atoms with van der Waals surface area (Å²) in [4.78, 5) is 12.5. The van der Waals surface area contributed by atoms with Gasteiger partial charge in [-0.1, -0.05) is 0 Å². The van der Waals surface area contributed by atoms with Gasteiger partial charge in [0.25, 0.3) is 0 Å². The van der Waals surface area contributed by atoms with Crippen molar-refractivity contribution in [3.63, 3.8) is 0 Å². The molecule has 2 aromatic heterocycles. The first-order chi connectivity index (χ1) is 12.0. The van der Waals surface area contributed by atoms with Crippen LogP contribution in [0.2, 0.25) is 0 Å². The molecule has 1 N–H and O–H groups in total. The second-order valence-electron chi connectivity index (χ2n) is 5.33. The van der Waals surface area contributed by atoms with E-state index in [9.17, 15) is 12.8 Å². The number of aromatic nitrogens is 4. The second kappa shape index (κ2) is 7.08. The van der Waals surface area contributed by atoms with Crippen molar-refractivity contribution >= 4 is 10.0 Å². The highest BCUT2D eigenvalue weighted by molar-refractivity contribution is 7.89. The van der Waals surface area contributed by atoms with E-state index in [0.29, 0.717) is 18.2 Å². The molecule has 0 aliphatic carbocycles.